The molecule has 0 saturated carbocycles. The summed E-state index contributed by atoms with van der Waals surface area (Å²) >= 11 is 1.46. The molecule has 5 aromatic rings. The first kappa shape index (κ1) is 41.0. The molecular formula is C44H52Cl2Zr-2. The van der Waals surface area contributed by atoms with Gasteiger partial charge in [-0.25, -0.2) is 5.57 Å². The molecule has 5 aromatic carbocycles. The number of fused-ring (bicyclic) bond motifs is 4. The average Bonchev–Trinajstić information content (AvgIpc) is 3.56. The van der Waals surface area contributed by atoms with Crippen molar-refractivity contribution in [2.45, 2.75) is 93.4 Å². The molecule has 0 fully saturated rings. The van der Waals surface area contributed by atoms with Crippen molar-refractivity contribution < 1.29 is 49.0 Å². The van der Waals surface area contributed by atoms with E-state index in [-0.39, 0.29) is 35.6 Å². The predicted octanol–water partition coefficient (Wildman–Crippen LogP) is 6.60. The molecule has 0 nitrogen and oxygen atoms in total. The quantitative estimate of drug-likeness (QED) is 0.179. The van der Waals surface area contributed by atoms with Gasteiger partial charge in [-0.05, 0) is 10.8 Å². The SMILES string of the molecule is CC(C)(C)c1ccc2c(c1)[cH-]c1cc(C(C)(C)C)ccc12.CCC1=[C-]C(C)C=C1C(C)(C)C.[Cl-].[Cl-].[Zr+2]=[CH]c1cccc2ccccc12. The molecule has 0 aromatic heterocycles. The number of benzene rings is 4. The summed E-state index contributed by atoms with van der Waals surface area (Å²) in [6.45, 7) is 24.9. The molecule has 0 saturated heterocycles. The van der Waals surface area contributed by atoms with Gasteiger partial charge in [0.25, 0.3) is 0 Å². The molecule has 0 N–H and O–H groups in total. The van der Waals surface area contributed by atoms with Crippen LogP contribution in [0.5, 0.6) is 0 Å². The summed E-state index contributed by atoms with van der Waals surface area (Å²) in [6.07, 6.45) is 6.95. The summed E-state index contributed by atoms with van der Waals surface area (Å²) in [7, 11) is 0. The van der Waals surface area contributed by atoms with Crippen molar-refractivity contribution in [1.82, 2.24) is 0 Å². The Labute approximate surface area is 312 Å². The van der Waals surface area contributed by atoms with Crippen molar-refractivity contribution in [3.05, 3.63) is 125 Å². The summed E-state index contributed by atoms with van der Waals surface area (Å²) in [4.78, 5) is 0. The summed E-state index contributed by atoms with van der Waals surface area (Å²) in [5, 5.41) is 8.16. The molecule has 0 aliphatic heterocycles. The van der Waals surface area contributed by atoms with Crippen molar-refractivity contribution >= 4 is 36.0 Å². The maximum absolute atomic E-state index is 3.48. The van der Waals surface area contributed by atoms with E-state index in [4.69, 9.17) is 0 Å². The van der Waals surface area contributed by atoms with Crippen LogP contribution in [0.2, 0.25) is 0 Å². The van der Waals surface area contributed by atoms with Gasteiger partial charge in [0.05, 0.1) is 0 Å². The zero-order valence-corrected chi connectivity index (χ0v) is 34.2. The van der Waals surface area contributed by atoms with E-state index in [0.29, 0.717) is 11.3 Å². The third kappa shape index (κ3) is 10.2. The summed E-state index contributed by atoms with van der Waals surface area (Å²) in [5.41, 5.74) is 7.78. The van der Waals surface area contributed by atoms with Crippen LogP contribution in [0.1, 0.15) is 99.3 Å². The van der Waals surface area contributed by atoms with Gasteiger partial charge in [0, 0.05) is 0 Å². The van der Waals surface area contributed by atoms with E-state index in [1.54, 1.807) is 0 Å². The van der Waals surface area contributed by atoms with Crippen molar-refractivity contribution in [2.75, 3.05) is 0 Å². The van der Waals surface area contributed by atoms with E-state index < -0.39 is 0 Å². The Hall–Kier alpha value is -2.18. The van der Waals surface area contributed by atoms with Gasteiger partial charge in [-0.15, -0.1) is 39.7 Å². The fourth-order valence-corrected chi connectivity index (χ4v) is 6.69. The monoisotopic (exact) mass is 740 g/mol. The van der Waals surface area contributed by atoms with Crippen molar-refractivity contribution in [1.29, 1.82) is 0 Å². The van der Waals surface area contributed by atoms with E-state index in [9.17, 15) is 0 Å². The molecule has 3 heteroatoms. The first-order valence-electron chi connectivity index (χ1n) is 16.5. The van der Waals surface area contributed by atoms with E-state index in [2.05, 4.69) is 177 Å². The van der Waals surface area contributed by atoms with E-state index in [1.807, 2.05) is 0 Å². The number of allylic oxidation sites excluding steroid dienone is 4. The standard InChI is InChI=1S/C21H25.C12H19.C11H8.2ClH.Zr/c1-20(2,3)16-7-9-18-14(12-16)11-15-13-17(21(4,5)6)8-10-19(15)18;1-6-10-7-9(2)8-11(10)12(3,4)5;1-9-5-4-7-10-6-2-3-8-11(9)10;;;/h7-13H,1-6H3;8-9H,6H2,1-5H3;1-8H;2*1H;/q2*-1;;;;+2/p-2. The van der Waals surface area contributed by atoms with Gasteiger partial charge in [0.15, 0.2) is 0 Å². The summed E-state index contributed by atoms with van der Waals surface area (Å²) < 4.78 is 2.23. The van der Waals surface area contributed by atoms with Gasteiger partial charge in [0.1, 0.15) is 0 Å². The van der Waals surface area contributed by atoms with Crippen LogP contribution in [0.3, 0.4) is 0 Å². The Morgan fingerprint density at radius 1 is 0.681 bits per heavy atom. The van der Waals surface area contributed by atoms with Crippen LogP contribution in [-0.4, -0.2) is 3.71 Å². The van der Waals surface area contributed by atoms with Gasteiger partial charge in [-0.2, -0.15) is 11.6 Å². The van der Waals surface area contributed by atoms with Crippen LogP contribution in [0, 0.1) is 17.4 Å². The molecule has 0 spiro atoms. The predicted molar refractivity (Wildman–Crippen MR) is 197 cm³/mol. The Bertz CT molecular complexity index is 1790. The van der Waals surface area contributed by atoms with Crippen molar-refractivity contribution in [3.63, 3.8) is 0 Å². The Balaban J connectivity index is 0.000000256. The van der Waals surface area contributed by atoms with Crippen LogP contribution >= 0.6 is 0 Å². The second kappa shape index (κ2) is 16.5. The summed E-state index contributed by atoms with van der Waals surface area (Å²) in [5.74, 6) is 0.522. The first-order chi connectivity index (χ1) is 21.0. The fourth-order valence-electron chi connectivity index (χ4n) is 6.07. The molecule has 0 radical (unpaired) electrons. The van der Waals surface area contributed by atoms with Gasteiger partial charge >= 0.3 is 86.7 Å². The topological polar surface area (TPSA) is 0 Å². The maximum atomic E-state index is 3.48. The Morgan fingerprint density at radius 3 is 1.64 bits per heavy atom. The second-order valence-electron chi connectivity index (χ2n) is 15.6. The van der Waals surface area contributed by atoms with Gasteiger partial charge < -0.3 is 24.8 Å². The zero-order chi connectivity index (χ0) is 33.2. The number of halogens is 2. The van der Waals surface area contributed by atoms with Crippen molar-refractivity contribution in [3.8, 4) is 0 Å². The van der Waals surface area contributed by atoms with Crippen LogP contribution < -0.4 is 24.8 Å². The van der Waals surface area contributed by atoms with Crippen LogP contribution in [-0.2, 0) is 35.1 Å². The average molecular weight is 743 g/mol. The van der Waals surface area contributed by atoms with Gasteiger partial charge in [0.2, 0.25) is 0 Å². The molecule has 1 unspecified atom stereocenters. The molecule has 47 heavy (non-hydrogen) atoms. The second-order valence-corrected chi connectivity index (χ2v) is 16.3. The van der Waals surface area contributed by atoms with Gasteiger partial charge in [-0.3, -0.25) is 6.08 Å². The summed E-state index contributed by atoms with van der Waals surface area (Å²) in [6, 6.07) is 31.1. The minimum absolute atomic E-state index is 0. The molecule has 248 valence electrons. The molecule has 1 aliphatic carbocycles. The molecule has 0 amide bonds. The molecular weight excluding hydrogens is 691 g/mol. The van der Waals surface area contributed by atoms with E-state index >= 15 is 0 Å². The zero-order valence-electron chi connectivity index (χ0n) is 30.3. The number of rotatable bonds is 2. The van der Waals surface area contributed by atoms with Crippen LogP contribution in [0.25, 0.3) is 32.3 Å². The molecule has 6 rings (SSSR count). The van der Waals surface area contributed by atoms with Gasteiger partial charge in [-0.1, -0.05) is 129 Å². The third-order valence-corrected chi connectivity index (χ3v) is 9.48. The fraction of sp³-hybridized carbons (Fsp3) is 0.364. The minimum atomic E-state index is 0. The first-order valence-corrected chi connectivity index (χ1v) is 17.9. The normalized spacial score (nSPS) is 14.6. The van der Waals surface area contributed by atoms with Crippen LogP contribution in [0.4, 0.5) is 0 Å². The molecule has 1 atom stereocenters. The Morgan fingerprint density at radius 2 is 1.19 bits per heavy atom. The Kier molecular flexibility index (Phi) is 14.4. The third-order valence-electron chi connectivity index (χ3n) is 8.72. The molecule has 1 aliphatic rings. The van der Waals surface area contributed by atoms with E-state index in [1.165, 1.54) is 84.4 Å². The van der Waals surface area contributed by atoms with E-state index in [0.717, 1.165) is 6.42 Å². The van der Waals surface area contributed by atoms with Crippen molar-refractivity contribution in [2.24, 2.45) is 11.3 Å². The molecule has 0 heterocycles. The number of hydrogen-bond donors (Lipinski definition) is 0. The molecule has 0 bridgehead atoms. The number of hydrogen-bond acceptors (Lipinski definition) is 0. The van der Waals surface area contributed by atoms with Crippen LogP contribution in [0.15, 0.2) is 102 Å².